The molecule has 2 aromatic rings. The molecule has 1 aliphatic carbocycles. The molecule has 0 aromatic carbocycles. The van der Waals surface area contributed by atoms with Crippen LogP contribution in [0.25, 0.3) is 0 Å². The van der Waals surface area contributed by atoms with E-state index in [9.17, 15) is 0 Å². The van der Waals surface area contributed by atoms with Crippen molar-refractivity contribution < 1.29 is 0 Å². The highest BCUT2D eigenvalue weighted by Crippen LogP contribution is 2.44. The first kappa shape index (κ1) is 14.9. The molecule has 3 rings (SSSR count). The van der Waals surface area contributed by atoms with E-state index in [2.05, 4.69) is 36.1 Å². The van der Waals surface area contributed by atoms with Crippen LogP contribution < -0.4 is 10.2 Å². The summed E-state index contributed by atoms with van der Waals surface area (Å²) in [6.45, 7) is 7.08. The first-order valence-corrected chi connectivity index (χ1v) is 9.19. The van der Waals surface area contributed by atoms with Crippen molar-refractivity contribution in [3.63, 3.8) is 0 Å². The van der Waals surface area contributed by atoms with Crippen LogP contribution in [0.15, 0.2) is 5.51 Å². The predicted octanol–water partition coefficient (Wildman–Crippen LogP) is 3.53. The number of anilines is 1. The van der Waals surface area contributed by atoms with Crippen molar-refractivity contribution in [3.05, 3.63) is 26.7 Å². The van der Waals surface area contributed by atoms with Crippen LogP contribution in [0.5, 0.6) is 0 Å². The van der Waals surface area contributed by atoms with Gasteiger partial charge in [0.15, 0.2) is 5.13 Å². The molecule has 1 fully saturated rings. The van der Waals surface area contributed by atoms with E-state index in [-0.39, 0.29) is 0 Å². The molecule has 0 unspecified atom stereocenters. The van der Waals surface area contributed by atoms with Crippen molar-refractivity contribution >= 4 is 27.8 Å². The third-order valence-electron chi connectivity index (χ3n) is 3.77. The zero-order valence-electron chi connectivity index (χ0n) is 12.8. The summed E-state index contributed by atoms with van der Waals surface area (Å²) in [5.74, 6) is 0.710. The first-order valence-electron chi connectivity index (χ1n) is 7.49. The third-order valence-corrected chi connectivity index (χ3v) is 5.87. The van der Waals surface area contributed by atoms with E-state index in [0.717, 1.165) is 30.5 Å². The molecule has 0 amide bonds. The van der Waals surface area contributed by atoms with Crippen LogP contribution in [-0.4, -0.2) is 23.6 Å². The van der Waals surface area contributed by atoms with Gasteiger partial charge in [-0.3, -0.25) is 0 Å². The van der Waals surface area contributed by atoms with Gasteiger partial charge in [-0.2, -0.15) is 0 Å². The van der Waals surface area contributed by atoms with Crippen LogP contribution in [0.3, 0.4) is 0 Å². The SMILES string of the molecule is CCNCc1sc(N(C)Cc2scnc2C)nc1C1CC1. The molecule has 21 heavy (non-hydrogen) atoms. The Morgan fingerprint density at radius 3 is 2.81 bits per heavy atom. The van der Waals surface area contributed by atoms with Crippen molar-refractivity contribution in [2.45, 2.75) is 45.7 Å². The highest BCUT2D eigenvalue weighted by molar-refractivity contribution is 7.15. The van der Waals surface area contributed by atoms with Crippen LogP contribution in [-0.2, 0) is 13.1 Å². The molecule has 114 valence electrons. The molecule has 1 N–H and O–H groups in total. The zero-order valence-corrected chi connectivity index (χ0v) is 14.5. The van der Waals surface area contributed by atoms with E-state index in [1.807, 2.05) is 16.8 Å². The molecular formula is C15H22N4S2. The van der Waals surface area contributed by atoms with Gasteiger partial charge in [-0.05, 0) is 26.3 Å². The van der Waals surface area contributed by atoms with Gasteiger partial charge in [-0.25, -0.2) is 9.97 Å². The minimum atomic E-state index is 0.710. The van der Waals surface area contributed by atoms with Crippen molar-refractivity contribution in [2.75, 3.05) is 18.5 Å². The summed E-state index contributed by atoms with van der Waals surface area (Å²) in [6, 6.07) is 0. The fraction of sp³-hybridized carbons (Fsp3) is 0.600. The summed E-state index contributed by atoms with van der Waals surface area (Å²) in [5.41, 5.74) is 4.40. The smallest absolute Gasteiger partial charge is 0.185 e. The maximum atomic E-state index is 4.92. The summed E-state index contributed by atoms with van der Waals surface area (Å²) in [5, 5.41) is 4.58. The van der Waals surface area contributed by atoms with Gasteiger partial charge in [0.25, 0.3) is 0 Å². The largest absolute Gasteiger partial charge is 0.346 e. The van der Waals surface area contributed by atoms with Crippen LogP contribution in [0.4, 0.5) is 5.13 Å². The van der Waals surface area contributed by atoms with E-state index in [1.165, 1.54) is 28.3 Å². The third kappa shape index (κ3) is 3.44. The van der Waals surface area contributed by atoms with E-state index in [0.29, 0.717) is 5.92 Å². The average molecular weight is 323 g/mol. The topological polar surface area (TPSA) is 41.0 Å². The molecule has 0 radical (unpaired) electrons. The summed E-state index contributed by atoms with van der Waals surface area (Å²) in [7, 11) is 2.13. The second kappa shape index (κ2) is 6.42. The van der Waals surface area contributed by atoms with Crippen LogP contribution in [0.1, 0.15) is 46.8 Å². The molecule has 2 heterocycles. The molecule has 1 saturated carbocycles. The fourth-order valence-electron chi connectivity index (χ4n) is 2.32. The Labute approximate surface area is 134 Å². The molecule has 0 atom stereocenters. The summed E-state index contributed by atoms with van der Waals surface area (Å²) in [6.07, 6.45) is 2.61. The lowest BCUT2D eigenvalue weighted by atomic mass is 10.2. The Balaban J connectivity index is 1.76. The Morgan fingerprint density at radius 2 is 2.19 bits per heavy atom. The molecule has 2 aromatic heterocycles. The minimum absolute atomic E-state index is 0.710. The van der Waals surface area contributed by atoms with Crippen molar-refractivity contribution in [1.29, 1.82) is 0 Å². The number of rotatable bonds is 7. The van der Waals surface area contributed by atoms with Gasteiger partial charge in [0.05, 0.1) is 23.4 Å². The number of aryl methyl sites for hydroxylation is 1. The Morgan fingerprint density at radius 1 is 1.38 bits per heavy atom. The van der Waals surface area contributed by atoms with Gasteiger partial charge in [0, 0.05) is 29.3 Å². The van der Waals surface area contributed by atoms with Gasteiger partial charge in [0.1, 0.15) is 0 Å². The maximum Gasteiger partial charge on any atom is 0.185 e. The summed E-state index contributed by atoms with van der Waals surface area (Å²) in [4.78, 5) is 14.3. The number of nitrogens with one attached hydrogen (secondary N) is 1. The lowest BCUT2D eigenvalue weighted by molar-refractivity contribution is 0.726. The number of thiazole rings is 2. The highest BCUT2D eigenvalue weighted by atomic mass is 32.1. The van der Waals surface area contributed by atoms with E-state index < -0.39 is 0 Å². The van der Waals surface area contributed by atoms with Crippen molar-refractivity contribution in [2.24, 2.45) is 0 Å². The Bertz CT molecular complexity index is 601. The second-order valence-electron chi connectivity index (χ2n) is 5.58. The van der Waals surface area contributed by atoms with E-state index in [4.69, 9.17) is 4.98 Å². The fourth-order valence-corrected chi connectivity index (χ4v) is 4.22. The molecule has 6 heteroatoms. The quantitative estimate of drug-likeness (QED) is 0.846. The second-order valence-corrected chi connectivity index (χ2v) is 7.58. The maximum absolute atomic E-state index is 4.92. The summed E-state index contributed by atoms with van der Waals surface area (Å²) < 4.78 is 0. The zero-order chi connectivity index (χ0) is 14.8. The number of nitrogens with zero attached hydrogens (tertiary/aromatic N) is 3. The van der Waals surface area contributed by atoms with E-state index in [1.54, 1.807) is 11.3 Å². The molecule has 1 aliphatic rings. The number of aromatic nitrogens is 2. The van der Waals surface area contributed by atoms with Gasteiger partial charge < -0.3 is 10.2 Å². The van der Waals surface area contributed by atoms with Crippen LogP contribution >= 0.6 is 22.7 Å². The highest BCUT2D eigenvalue weighted by Gasteiger charge is 2.30. The van der Waals surface area contributed by atoms with Crippen molar-refractivity contribution in [1.82, 2.24) is 15.3 Å². The Kier molecular flexibility index (Phi) is 4.57. The monoisotopic (exact) mass is 322 g/mol. The molecule has 0 aliphatic heterocycles. The van der Waals surface area contributed by atoms with Crippen LogP contribution in [0, 0.1) is 6.92 Å². The molecule has 4 nitrogen and oxygen atoms in total. The van der Waals surface area contributed by atoms with Gasteiger partial charge in [-0.15, -0.1) is 22.7 Å². The standard InChI is InChI=1S/C15H22N4S2/c1-4-16-7-12-14(11-5-6-11)18-15(21-12)19(3)8-13-10(2)17-9-20-13/h9,11,16H,4-8H2,1-3H3. The minimum Gasteiger partial charge on any atom is -0.346 e. The first-order chi connectivity index (χ1) is 10.2. The molecule has 0 spiro atoms. The summed E-state index contributed by atoms with van der Waals surface area (Å²) >= 11 is 3.57. The predicted molar refractivity (Wildman–Crippen MR) is 90.4 cm³/mol. The normalized spacial score (nSPS) is 14.6. The van der Waals surface area contributed by atoms with Gasteiger partial charge in [-0.1, -0.05) is 6.92 Å². The van der Waals surface area contributed by atoms with Gasteiger partial charge >= 0.3 is 0 Å². The molecular weight excluding hydrogens is 300 g/mol. The average Bonchev–Trinajstić information content (AvgIpc) is 3.11. The molecule has 0 saturated heterocycles. The van der Waals surface area contributed by atoms with E-state index >= 15 is 0 Å². The van der Waals surface area contributed by atoms with Crippen molar-refractivity contribution in [3.8, 4) is 0 Å². The lowest BCUT2D eigenvalue weighted by Gasteiger charge is -2.14. The lowest BCUT2D eigenvalue weighted by Crippen LogP contribution is -2.16. The van der Waals surface area contributed by atoms with Crippen LogP contribution in [0.2, 0.25) is 0 Å². The molecule has 0 bridgehead atoms. The Hall–Kier alpha value is -0.980. The number of hydrogen-bond acceptors (Lipinski definition) is 6. The van der Waals surface area contributed by atoms with Gasteiger partial charge in [0.2, 0.25) is 0 Å². The number of hydrogen-bond donors (Lipinski definition) is 1.